The van der Waals surface area contributed by atoms with Gasteiger partial charge in [0.05, 0.1) is 0 Å². The topological polar surface area (TPSA) is 43.6 Å². The van der Waals surface area contributed by atoms with Gasteiger partial charge in [-0.2, -0.15) is 0 Å². The zero-order valence-electron chi connectivity index (χ0n) is 16.5. The van der Waals surface area contributed by atoms with Crippen LogP contribution in [0.3, 0.4) is 0 Å². The molecule has 0 bridgehead atoms. The number of nitrogens with one attached hydrogen (secondary N) is 3. The van der Waals surface area contributed by atoms with E-state index in [9.17, 15) is 0 Å². The Morgan fingerprint density at radius 1 is 0.862 bits per heavy atom. The van der Waals surface area contributed by atoms with Crippen LogP contribution in [0.5, 0.6) is 0 Å². The van der Waals surface area contributed by atoms with Gasteiger partial charge in [-0.25, -0.2) is 0 Å². The van der Waals surface area contributed by atoms with E-state index < -0.39 is 0 Å². The molecule has 4 heteroatoms. The van der Waals surface area contributed by atoms with Gasteiger partial charge in [0.25, 0.3) is 0 Å². The molecule has 0 spiro atoms. The molecule has 0 amide bonds. The van der Waals surface area contributed by atoms with Gasteiger partial charge in [0.15, 0.2) is 0 Å². The highest BCUT2D eigenvalue weighted by Gasteiger charge is 2.15. The van der Waals surface area contributed by atoms with Crippen molar-refractivity contribution >= 4 is 44.2 Å². The number of hydrogen-bond donors (Lipinski definition) is 3. The zero-order valence-corrected chi connectivity index (χ0v) is 17.2. The summed E-state index contributed by atoms with van der Waals surface area (Å²) in [5.74, 6) is 0. The summed E-state index contributed by atoms with van der Waals surface area (Å²) >= 11 is 6.52. The minimum atomic E-state index is 0.773. The van der Waals surface area contributed by atoms with Crippen LogP contribution < -0.4 is 5.32 Å². The Morgan fingerprint density at radius 3 is 2.59 bits per heavy atom. The van der Waals surface area contributed by atoms with Crippen molar-refractivity contribution in [2.75, 3.05) is 13.6 Å². The Morgan fingerprint density at radius 2 is 1.72 bits per heavy atom. The maximum absolute atomic E-state index is 6.52. The van der Waals surface area contributed by atoms with E-state index in [-0.39, 0.29) is 0 Å². The highest BCUT2D eigenvalue weighted by atomic mass is 35.5. The largest absolute Gasteiger partial charge is 0.366 e. The number of H-pyrrole nitrogens is 2. The SMILES string of the molecule is CNCCCCc1ccc2c(c1)[nH]c1cc(-c3ccccc3Cl)c3c[nH]cc3c12. The average molecular weight is 402 g/mol. The van der Waals surface area contributed by atoms with Crippen LogP contribution in [0.1, 0.15) is 18.4 Å². The molecule has 2 aromatic heterocycles. The number of aromatic nitrogens is 2. The van der Waals surface area contributed by atoms with Crippen molar-refractivity contribution < 1.29 is 0 Å². The lowest BCUT2D eigenvalue weighted by molar-refractivity contribution is 0.677. The van der Waals surface area contributed by atoms with Gasteiger partial charge in [-0.3, -0.25) is 0 Å². The van der Waals surface area contributed by atoms with Crippen LogP contribution in [0.2, 0.25) is 5.02 Å². The number of hydrogen-bond acceptors (Lipinski definition) is 1. The van der Waals surface area contributed by atoms with Gasteiger partial charge in [-0.1, -0.05) is 41.9 Å². The quantitative estimate of drug-likeness (QED) is 0.273. The van der Waals surface area contributed by atoms with Crippen LogP contribution in [0.4, 0.5) is 0 Å². The van der Waals surface area contributed by atoms with E-state index in [1.54, 1.807) is 0 Å². The monoisotopic (exact) mass is 401 g/mol. The first kappa shape index (κ1) is 18.3. The van der Waals surface area contributed by atoms with Crippen molar-refractivity contribution in [3.63, 3.8) is 0 Å². The van der Waals surface area contributed by atoms with Crippen LogP contribution in [0.25, 0.3) is 43.7 Å². The third-order valence-electron chi connectivity index (χ3n) is 5.79. The molecule has 0 radical (unpaired) electrons. The van der Waals surface area contributed by atoms with Crippen molar-refractivity contribution in [2.24, 2.45) is 0 Å². The van der Waals surface area contributed by atoms with Gasteiger partial charge in [-0.15, -0.1) is 0 Å². The normalized spacial score (nSPS) is 11.8. The van der Waals surface area contributed by atoms with Crippen molar-refractivity contribution in [3.8, 4) is 11.1 Å². The zero-order chi connectivity index (χ0) is 19.8. The number of halogens is 1. The van der Waals surface area contributed by atoms with Crippen molar-refractivity contribution in [2.45, 2.75) is 19.3 Å². The molecule has 0 aliphatic carbocycles. The molecule has 0 aliphatic heterocycles. The van der Waals surface area contributed by atoms with Gasteiger partial charge < -0.3 is 15.3 Å². The van der Waals surface area contributed by atoms with E-state index in [4.69, 9.17) is 11.6 Å². The second-order valence-electron chi connectivity index (χ2n) is 7.67. The smallest absolute Gasteiger partial charge is 0.0484 e. The van der Waals surface area contributed by atoms with Crippen LogP contribution >= 0.6 is 11.6 Å². The number of rotatable bonds is 6. The first-order valence-electron chi connectivity index (χ1n) is 10.2. The molecule has 0 fully saturated rings. The van der Waals surface area contributed by atoms with Crippen molar-refractivity contribution in [1.29, 1.82) is 0 Å². The molecule has 3 nitrogen and oxygen atoms in total. The summed E-state index contributed by atoms with van der Waals surface area (Å²) < 4.78 is 0. The molecule has 0 unspecified atom stereocenters. The van der Waals surface area contributed by atoms with Gasteiger partial charge in [-0.05, 0) is 62.2 Å². The van der Waals surface area contributed by atoms with Crippen molar-refractivity contribution in [3.05, 3.63) is 71.5 Å². The molecule has 29 heavy (non-hydrogen) atoms. The fourth-order valence-corrected chi connectivity index (χ4v) is 4.61. The minimum Gasteiger partial charge on any atom is -0.366 e. The molecular formula is C25H24ClN3. The van der Waals surface area contributed by atoms with Crippen LogP contribution in [0, 0.1) is 0 Å². The molecule has 5 rings (SSSR count). The van der Waals surface area contributed by atoms with Crippen LogP contribution in [-0.2, 0) is 6.42 Å². The molecule has 0 atom stereocenters. The Hall–Kier alpha value is -2.75. The fraction of sp³-hybridized carbons (Fsp3) is 0.200. The lowest BCUT2D eigenvalue weighted by Crippen LogP contribution is -2.07. The van der Waals surface area contributed by atoms with E-state index in [1.165, 1.54) is 45.5 Å². The summed E-state index contributed by atoms with van der Waals surface area (Å²) in [7, 11) is 2.01. The lowest BCUT2D eigenvalue weighted by Gasteiger charge is -2.07. The molecule has 0 saturated carbocycles. The molecule has 3 N–H and O–H groups in total. The second-order valence-corrected chi connectivity index (χ2v) is 8.08. The molecule has 0 aliphatic rings. The predicted molar refractivity (Wildman–Crippen MR) is 125 cm³/mol. The Labute approximate surface area is 175 Å². The van der Waals surface area contributed by atoms with E-state index in [1.807, 2.05) is 25.2 Å². The molecule has 146 valence electrons. The highest BCUT2D eigenvalue weighted by Crippen LogP contribution is 2.40. The summed E-state index contributed by atoms with van der Waals surface area (Å²) in [5.41, 5.74) is 5.94. The number of aryl methyl sites for hydroxylation is 1. The van der Waals surface area contributed by atoms with E-state index >= 15 is 0 Å². The standard InChI is InChI=1S/C25H24ClN3/c1-27-11-5-4-6-16-9-10-18-23(12-16)29-24-13-19(17-7-2-3-8-22(17)26)20-14-28-15-21(20)25(18)24/h2-3,7-10,12-15,27-29H,4-6,11H2,1H3. The van der Waals surface area contributed by atoms with Gasteiger partial charge in [0, 0.05) is 55.6 Å². The first-order valence-corrected chi connectivity index (χ1v) is 10.6. The maximum atomic E-state index is 6.52. The third-order valence-corrected chi connectivity index (χ3v) is 6.12. The maximum Gasteiger partial charge on any atom is 0.0484 e. The molecule has 2 heterocycles. The number of fused-ring (bicyclic) bond motifs is 5. The van der Waals surface area contributed by atoms with E-state index in [0.717, 1.165) is 34.6 Å². The lowest BCUT2D eigenvalue weighted by atomic mass is 9.97. The van der Waals surface area contributed by atoms with E-state index in [2.05, 4.69) is 58.0 Å². The van der Waals surface area contributed by atoms with Crippen LogP contribution in [-0.4, -0.2) is 23.6 Å². The molecule has 5 aromatic rings. The molecular weight excluding hydrogens is 378 g/mol. The third kappa shape index (κ3) is 3.21. The summed E-state index contributed by atoms with van der Waals surface area (Å²) in [6, 6.07) is 17.1. The first-order chi connectivity index (χ1) is 14.3. The van der Waals surface area contributed by atoms with Gasteiger partial charge in [0.1, 0.15) is 0 Å². The average Bonchev–Trinajstić information content (AvgIpc) is 3.35. The summed E-state index contributed by atoms with van der Waals surface area (Å²) in [4.78, 5) is 6.96. The summed E-state index contributed by atoms with van der Waals surface area (Å²) in [6.07, 6.45) is 7.68. The minimum absolute atomic E-state index is 0.773. The van der Waals surface area contributed by atoms with E-state index in [0.29, 0.717) is 0 Å². The second kappa shape index (κ2) is 7.58. The van der Waals surface area contributed by atoms with Gasteiger partial charge in [0.2, 0.25) is 0 Å². The van der Waals surface area contributed by atoms with Crippen LogP contribution in [0.15, 0.2) is 60.9 Å². The number of unbranched alkanes of at least 4 members (excludes halogenated alkanes) is 1. The summed E-state index contributed by atoms with van der Waals surface area (Å²) in [6.45, 7) is 1.07. The van der Waals surface area contributed by atoms with Gasteiger partial charge >= 0.3 is 0 Å². The molecule has 0 saturated heterocycles. The Bertz CT molecular complexity index is 1310. The summed E-state index contributed by atoms with van der Waals surface area (Å²) in [5, 5.41) is 8.96. The van der Waals surface area contributed by atoms with Crippen molar-refractivity contribution in [1.82, 2.24) is 15.3 Å². The molecule has 3 aromatic carbocycles. The predicted octanol–water partition coefficient (Wildman–Crippen LogP) is 6.66. The number of aromatic amines is 2. The fourth-order valence-electron chi connectivity index (χ4n) is 4.37. The highest BCUT2D eigenvalue weighted by molar-refractivity contribution is 6.34. The Kier molecular flexibility index (Phi) is 4.78. The Balaban J connectivity index is 1.66. The number of benzene rings is 3.